The monoisotopic (exact) mass is 434 g/mol. The van der Waals surface area contributed by atoms with E-state index in [1.54, 1.807) is 17.9 Å². The molecule has 1 aromatic carbocycles. The topological polar surface area (TPSA) is 73.2 Å². The number of nitrogens with zero attached hydrogens (tertiary/aromatic N) is 2. The summed E-state index contributed by atoms with van der Waals surface area (Å²) in [4.78, 5) is 16.5. The van der Waals surface area contributed by atoms with Crippen LogP contribution < -0.4 is 4.74 Å². The number of likely N-dealkylation sites (tertiary alicyclic amines) is 1. The van der Waals surface area contributed by atoms with Crippen molar-refractivity contribution in [2.24, 2.45) is 5.92 Å². The van der Waals surface area contributed by atoms with Gasteiger partial charge in [-0.3, -0.25) is 9.69 Å². The molecule has 6 rings (SSSR count). The number of piperidine rings is 1. The van der Waals surface area contributed by atoms with Crippen molar-refractivity contribution in [2.45, 2.75) is 74.7 Å². The van der Waals surface area contributed by atoms with Crippen LogP contribution >= 0.6 is 12.4 Å². The number of ether oxygens (including phenoxy) is 1. The number of carbonyl (C=O) groups is 1. The SMILES string of the molecule is CC(=O)N(C)[C@H]1CC[C@@]2(O)[C@H]3Cc4ccc(O)c5c4[C@@]2(CCN3CC2CC2)[C@H]1O5.Cl. The molecule has 1 saturated heterocycles. The number of hydrogen-bond donors (Lipinski definition) is 2. The first-order valence-corrected chi connectivity index (χ1v) is 11.1. The molecule has 1 amide bonds. The molecule has 7 heteroatoms. The van der Waals surface area contributed by atoms with E-state index in [1.165, 1.54) is 18.4 Å². The lowest BCUT2D eigenvalue weighted by molar-refractivity contribution is -0.200. The molecule has 5 atom stereocenters. The van der Waals surface area contributed by atoms with Crippen molar-refractivity contribution in [1.29, 1.82) is 0 Å². The predicted octanol–water partition coefficient (Wildman–Crippen LogP) is 2.23. The highest BCUT2D eigenvalue weighted by Gasteiger charge is 2.73. The van der Waals surface area contributed by atoms with Crippen LogP contribution in [0.4, 0.5) is 0 Å². The van der Waals surface area contributed by atoms with Crippen LogP contribution in [-0.2, 0) is 16.6 Å². The molecule has 2 heterocycles. The maximum atomic E-state index is 12.3. The number of aromatic hydroxyl groups is 1. The smallest absolute Gasteiger partial charge is 0.219 e. The maximum Gasteiger partial charge on any atom is 0.219 e. The molecule has 2 aliphatic heterocycles. The number of halogens is 1. The van der Waals surface area contributed by atoms with Crippen molar-refractivity contribution >= 4 is 18.3 Å². The summed E-state index contributed by atoms with van der Waals surface area (Å²) in [6, 6.07) is 3.74. The zero-order valence-corrected chi connectivity index (χ0v) is 18.5. The molecule has 5 aliphatic rings. The van der Waals surface area contributed by atoms with E-state index in [9.17, 15) is 15.0 Å². The molecule has 2 bridgehead atoms. The van der Waals surface area contributed by atoms with Crippen LogP contribution in [0.1, 0.15) is 50.2 Å². The summed E-state index contributed by atoms with van der Waals surface area (Å²) in [5.74, 6) is 1.49. The van der Waals surface area contributed by atoms with E-state index in [0.717, 1.165) is 43.8 Å². The molecule has 1 aromatic rings. The summed E-state index contributed by atoms with van der Waals surface area (Å²) >= 11 is 0. The Balaban J connectivity index is 0.00000193. The Labute approximate surface area is 183 Å². The minimum absolute atomic E-state index is 0. The molecular formula is C23H31ClN2O4. The van der Waals surface area contributed by atoms with Gasteiger partial charge in [-0.15, -0.1) is 12.4 Å². The lowest BCUT2D eigenvalue weighted by Gasteiger charge is -2.64. The Hall–Kier alpha value is -1.50. The van der Waals surface area contributed by atoms with Crippen molar-refractivity contribution < 1.29 is 19.7 Å². The molecule has 2 N–H and O–H groups in total. The molecule has 30 heavy (non-hydrogen) atoms. The second-order valence-electron chi connectivity index (χ2n) is 10.0. The van der Waals surface area contributed by atoms with Crippen molar-refractivity contribution in [3.8, 4) is 11.5 Å². The Kier molecular flexibility index (Phi) is 4.42. The predicted molar refractivity (Wildman–Crippen MR) is 114 cm³/mol. The fourth-order valence-electron chi connectivity index (χ4n) is 7.09. The fraction of sp³-hybridized carbons (Fsp3) is 0.696. The molecule has 0 unspecified atom stereocenters. The summed E-state index contributed by atoms with van der Waals surface area (Å²) < 4.78 is 6.46. The van der Waals surface area contributed by atoms with Gasteiger partial charge in [-0.25, -0.2) is 0 Å². The molecule has 2 saturated carbocycles. The van der Waals surface area contributed by atoms with Gasteiger partial charge in [-0.05, 0) is 62.6 Å². The Morgan fingerprint density at radius 1 is 1.30 bits per heavy atom. The Morgan fingerprint density at radius 2 is 2.07 bits per heavy atom. The standard InChI is InChI=1S/C23H30N2O4.ClH/c1-13(26)24(2)16-7-8-23(28)18-11-15-5-6-17(27)20-19(15)22(23,21(16)29-20)9-10-25(18)12-14-3-4-14;/h5-6,14,16,18,21,27-28H,3-4,7-12H2,1-2H3;1H/t16-,18+,21-,22-,23+;/m0./s1. The second kappa shape index (κ2) is 6.50. The fourth-order valence-corrected chi connectivity index (χ4v) is 7.09. The largest absolute Gasteiger partial charge is 0.504 e. The molecule has 6 nitrogen and oxygen atoms in total. The number of phenols is 1. The minimum atomic E-state index is -0.884. The van der Waals surface area contributed by atoms with Gasteiger partial charge >= 0.3 is 0 Å². The molecule has 3 aliphatic carbocycles. The van der Waals surface area contributed by atoms with E-state index < -0.39 is 11.0 Å². The third kappa shape index (κ3) is 2.36. The van der Waals surface area contributed by atoms with Crippen molar-refractivity contribution in [3.05, 3.63) is 23.3 Å². The van der Waals surface area contributed by atoms with E-state index in [0.29, 0.717) is 12.2 Å². The highest BCUT2D eigenvalue weighted by Crippen LogP contribution is 2.65. The van der Waals surface area contributed by atoms with Crippen LogP contribution in [0.5, 0.6) is 11.5 Å². The number of amides is 1. The quantitative estimate of drug-likeness (QED) is 0.763. The minimum Gasteiger partial charge on any atom is -0.504 e. The van der Waals surface area contributed by atoms with Crippen LogP contribution in [0.3, 0.4) is 0 Å². The van der Waals surface area contributed by atoms with Gasteiger partial charge in [0.1, 0.15) is 6.10 Å². The number of benzene rings is 1. The van der Waals surface area contributed by atoms with Gasteiger partial charge in [0.25, 0.3) is 0 Å². The van der Waals surface area contributed by atoms with Crippen LogP contribution in [-0.4, -0.2) is 69.8 Å². The summed E-state index contributed by atoms with van der Waals surface area (Å²) in [7, 11) is 1.84. The van der Waals surface area contributed by atoms with Crippen molar-refractivity contribution in [1.82, 2.24) is 9.80 Å². The summed E-state index contributed by atoms with van der Waals surface area (Å²) in [6.45, 7) is 3.60. The first-order valence-electron chi connectivity index (χ1n) is 11.1. The zero-order valence-electron chi connectivity index (χ0n) is 17.6. The summed E-state index contributed by atoms with van der Waals surface area (Å²) in [6.07, 6.45) is 5.28. The molecule has 0 aromatic heterocycles. The second-order valence-corrected chi connectivity index (χ2v) is 10.0. The van der Waals surface area contributed by atoms with Gasteiger partial charge in [0.15, 0.2) is 11.5 Å². The number of aliphatic hydroxyl groups is 1. The van der Waals surface area contributed by atoms with Gasteiger partial charge in [0.2, 0.25) is 5.91 Å². The van der Waals surface area contributed by atoms with Gasteiger partial charge in [-0.2, -0.15) is 0 Å². The molecule has 1 spiro atoms. The first kappa shape index (κ1) is 20.4. The number of hydrogen-bond acceptors (Lipinski definition) is 5. The molecule has 164 valence electrons. The third-order valence-electron chi connectivity index (χ3n) is 8.73. The molecule has 3 fully saturated rings. The number of phenolic OH excluding ortho intramolecular Hbond substituents is 1. The van der Waals surface area contributed by atoms with Crippen LogP contribution in [0.15, 0.2) is 12.1 Å². The number of carbonyl (C=O) groups excluding carboxylic acids is 1. The van der Waals surface area contributed by atoms with Gasteiger partial charge in [0.05, 0.1) is 17.1 Å². The first-order chi connectivity index (χ1) is 13.9. The van der Waals surface area contributed by atoms with E-state index in [-0.39, 0.29) is 42.3 Å². The zero-order chi connectivity index (χ0) is 20.1. The highest BCUT2D eigenvalue weighted by molar-refractivity contribution is 5.85. The van der Waals surface area contributed by atoms with E-state index >= 15 is 0 Å². The molecule has 0 radical (unpaired) electrons. The van der Waals surface area contributed by atoms with Crippen molar-refractivity contribution in [2.75, 3.05) is 20.1 Å². The lowest BCUT2D eigenvalue weighted by atomic mass is 9.48. The summed E-state index contributed by atoms with van der Waals surface area (Å²) in [5.41, 5.74) is 0.785. The highest BCUT2D eigenvalue weighted by atomic mass is 35.5. The normalized spacial score (nSPS) is 38.3. The Bertz CT molecular complexity index is 905. The van der Waals surface area contributed by atoms with E-state index in [4.69, 9.17) is 4.74 Å². The number of likely N-dealkylation sites (N-methyl/N-ethyl adjacent to an activating group) is 1. The van der Waals surface area contributed by atoms with Gasteiger partial charge in [-0.1, -0.05) is 6.07 Å². The van der Waals surface area contributed by atoms with E-state index in [1.807, 2.05) is 13.1 Å². The number of rotatable bonds is 3. The third-order valence-corrected chi connectivity index (χ3v) is 8.73. The lowest BCUT2D eigenvalue weighted by Crippen LogP contribution is -2.78. The van der Waals surface area contributed by atoms with Gasteiger partial charge < -0.3 is 19.8 Å². The van der Waals surface area contributed by atoms with E-state index in [2.05, 4.69) is 4.90 Å². The summed E-state index contributed by atoms with van der Waals surface area (Å²) in [5, 5.41) is 22.9. The van der Waals surface area contributed by atoms with Crippen LogP contribution in [0, 0.1) is 5.92 Å². The van der Waals surface area contributed by atoms with Crippen LogP contribution in [0.2, 0.25) is 0 Å². The molecular weight excluding hydrogens is 404 g/mol. The maximum absolute atomic E-state index is 12.3. The Morgan fingerprint density at radius 3 is 2.77 bits per heavy atom. The van der Waals surface area contributed by atoms with Gasteiger partial charge in [0, 0.05) is 32.1 Å². The van der Waals surface area contributed by atoms with Crippen molar-refractivity contribution in [3.63, 3.8) is 0 Å². The average molecular weight is 435 g/mol. The average Bonchev–Trinajstić information content (AvgIpc) is 3.42. The van der Waals surface area contributed by atoms with Crippen LogP contribution in [0.25, 0.3) is 0 Å².